The van der Waals surface area contributed by atoms with E-state index in [4.69, 9.17) is 11.0 Å². The molecule has 0 saturated heterocycles. The lowest BCUT2D eigenvalue weighted by molar-refractivity contribution is -0.666. The molecule has 5 aromatic rings. The molecule has 5 rings (SSSR count). The minimum Gasteiger partial charge on any atom is -0.466 e. The maximum atomic E-state index is 7.69. The Kier molecular flexibility index (Phi) is 4.38. The molecule has 0 fully saturated rings. The van der Waals surface area contributed by atoms with Crippen LogP contribution in [0.25, 0.3) is 49.2 Å². The van der Waals surface area contributed by atoms with Crippen LogP contribution in [0.2, 0.25) is 0 Å². The van der Waals surface area contributed by atoms with Gasteiger partial charge in [0.25, 0.3) is 0 Å². The summed E-state index contributed by atoms with van der Waals surface area (Å²) in [7, 11) is 2.09. The molecule has 0 atom stereocenters. The van der Waals surface area contributed by atoms with Gasteiger partial charge in [-0.05, 0) is 36.1 Å². The van der Waals surface area contributed by atoms with Gasteiger partial charge in [0.1, 0.15) is 18.2 Å². The third kappa shape index (κ3) is 2.92. The fourth-order valence-corrected chi connectivity index (χ4v) is 4.50. The first-order valence-electron chi connectivity index (χ1n) is 10.4. The molecule has 0 aliphatic heterocycles. The van der Waals surface area contributed by atoms with Crippen LogP contribution < -0.4 is 4.57 Å². The topological polar surface area (TPSA) is 21.4 Å². The monoisotopic (exact) mass is 403 g/mol. The van der Waals surface area contributed by atoms with E-state index in [9.17, 15) is 0 Å². The predicted molar refractivity (Wildman–Crippen MR) is 126 cm³/mol. The Balaban J connectivity index is 1.96. The molecule has 0 unspecified atom stereocenters. The Bertz CT molecular complexity index is 1520. The van der Waals surface area contributed by atoms with Crippen molar-refractivity contribution in [2.45, 2.75) is 20.8 Å². The van der Waals surface area contributed by atoms with Crippen LogP contribution >= 0.6 is 0 Å². The van der Waals surface area contributed by atoms with Crippen molar-refractivity contribution in [1.29, 1.82) is 0 Å². The van der Waals surface area contributed by atoms with E-state index in [-0.39, 0.29) is 0 Å². The molecule has 150 valence electrons. The van der Waals surface area contributed by atoms with Gasteiger partial charge in [-0.15, -0.1) is 0 Å². The summed E-state index contributed by atoms with van der Waals surface area (Å²) in [6.45, 7) is 14.0. The van der Waals surface area contributed by atoms with Crippen LogP contribution in [0.3, 0.4) is 0 Å². The summed E-state index contributed by atoms with van der Waals surface area (Å²) >= 11 is 0. The first-order valence-corrected chi connectivity index (χ1v) is 10.4. The highest BCUT2D eigenvalue weighted by Gasteiger charge is 2.24. The van der Waals surface area contributed by atoms with E-state index >= 15 is 0 Å². The van der Waals surface area contributed by atoms with E-state index in [0.29, 0.717) is 11.3 Å². The molecule has 2 aromatic heterocycles. The number of aromatic nitrogens is 1. The summed E-state index contributed by atoms with van der Waals surface area (Å²) < 4.78 is 8.71. The van der Waals surface area contributed by atoms with Crippen LogP contribution in [0.5, 0.6) is 0 Å². The zero-order chi connectivity index (χ0) is 21.7. The third-order valence-electron chi connectivity index (χ3n) is 6.13. The van der Waals surface area contributed by atoms with Crippen molar-refractivity contribution in [3.8, 4) is 22.4 Å². The second-order valence-electron chi connectivity index (χ2n) is 8.17. The Hall–Kier alpha value is -3.90. The smallest absolute Gasteiger partial charge is 0.229 e. The van der Waals surface area contributed by atoms with Crippen LogP contribution in [0.4, 0.5) is 5.69 Å². The lowest BCUT2D eigenvalue weighted by atomic mass is 9.95. The average molecular weight is 404 g/mol. The van der Waals surface area contributed by atoms with Gasteiger partial charge in [0, 0.05) is 29.8 Å². The minimum absolute atomic E-state index is 0.541. The van der Waals surface area contributed by atoms with E-state index in [2.05, 4.69) is 73.6 Å². The van der Waals surface area contributed by atoms with Gasteiger partial charge >= 0.3 is 0 Å². The minimum atomic E-state index is 0.541. The van der Waals surface area contributed by atoms with Gasteiger partial charge in [0.05, 0.1) is 12.1 Å². The fraction of sp³-hybridized carbons (Fsp3) is 0.143. The lowest BCUT2D eigenvalue weighted by Gasteiger charge is -2.08. The number of nitrogens with zero attached hydrogens (tertiary/aromatic N) is 2. The molecule has 31 heavy (non-hydrogen) atoms. The van der Waals surface area contributed by atoms with Crippen LogP contribution in [0.15, 0.2) is 71.1 Å². The molecule has 0 aliphatic rings. The SMILES string of the molecule is [C-]#[N+]c1ccc(-c2ccccc2)c2c1oc1c(-c3cc(C)cc(C)[n+]3C)c(C)ccc12. The highest BCUT2D eigenvalue weighted by atomic mass is 16.3. The highest BCUT2D eigenvalue weighted by molar-refractivity contribution is 6.18. The van der Waals surface area contributed by atoms with Crippen molar-refractivity contribution in [3.05, 3.63) is 95.0 Å². The van der Waals surface area contributed by atoms with Crippen LogP contribution in [-0.2, 0) is 7.05 Å². The van der Waals surface area contributed by atoms with Crippen molar-refractivity contribution < 1.29 is 8.98 Å². The summed E-state index contributed by atoms with van der Waals surface area (Å²) in [6.07, 6.45) is 0. The number of hydrogen-bond donors (Lipinski definition) is 0. The summed E-state index contributed by atoms with van der Waals surface area (Å²) in [5.41, 5.74) is 9.99. The van der Waals surface area contributed by atoms with Crippen molar-refractivity contribution in [2.75, 3.05) is 0 Å². The Morgan fingerprint density at radius 3 is 2.39 bits per heavy atom. The zero-order valence-corrected chi connectivity index (χ0v) is 18.2. The zero-order valence-electron chi connectivity index (χ0n) is 18.2. The van der Waals surface area contributed by atoms with E-state index in [1.165, 1.54) is 11.3 Å². The molecule has 3 nitrogen and oxygen atoms in total. The maximum absolute atomic E-state index is 7.69. The quantitative estimate of drug-likeness (QED) is 0.225. The van der Waals surface area contributed by atoms with Gasteiger partial charge in [0.15, 0.2) is 5.69 Å². The Morgan fingerprint density at radius 2 is 1.65 bits per heavy atom. The number of benzene rings is 3. The summed E-state index contributed by atoms with van der Waals surface area (Å²) in [5.74, 6) is 0. The van der Waals surface area contributed by atoms with E-state index in [0.717, 1.165) is 44.3 Å². The third-order valence-corrected chi connectivity index (χ3v) is 6.13. The molecule has 0 aliphatic carbocycles. The van der Waals surface area contributed by atoms with Gasteiger partial charge in [-0.3, -0.25) is 0 Å². The molecule has 0 saturated carbocycles. The van der Waals surface area contributed by atoms with Gasteiger partial charge in [-0.25, -0.2) is 4.85 Å². The highest BCUT2D eigenvalue weighted by Crippen LogP contribution is 2.44. The molecule has 3 aromatic carbocycles. The first-order chi connectivity index (χ1) is 15.0. The van der Waals surface area contributed by atoms with Crippen LogP contribution in [0, 0.1) is 27.3 Å². The molecule has 2 heterocycles. The van der Waals surface area contributed by atoms with Crippen LogP contribution in [-0.4, -0.2) is 0 Å². The summed E-state index contributed by atoms with van der Waals surface area (Å²) in [6, 6.07) is 22.9. The predicted octanol–water partition coefficient (Wildman–Crippen LogP) is 7.22. The Labute approximate surface area is 182 Å². The number of fused-ring (bicyclic) bond motifs is 3. The summed E-state index contributed by atoms with van der Waals surface area (Å²) in [5, 5.41) is 2.04. The number of pyridine rings is 1. The molecule has 0 N–H and O–H groups in total. The Morgan fingerprint density at radius 1 is 0.871 bits per heavy atom. The van der Waals surface area contributed by atoms with Gasteiger partial charge in [0.2, 0.25) is 11.4 Å². The number of rotatable bonds is 2. The number of furan rings is 1. The van der Waals surface area contributed by atoms with Crippen molar-refractivity contribution in [1.82, 2.24) is 0 Å². The number of aryl methyl sites for hydroxylation is 3. The standard InChI is InChI=1S/C28H23N2O/c1-17-15-19(3)30(5)24(16-17)25-18(2)11-12-22-26-21(20-9-7-6-8-10-20)13-14-23(29-4)28(26)31-27(22)25/h6-16H,1-3,5H3/q+1. The second kappa shape index (κ2) is 7.11. The molecule has 0 spiro atoms. The lowest BCUT2D eigenvalue weighted by Crippen LogP contribution is -2.35. The summed E-state index contributed by atoms with van der Waals surface area (Å²) in [4.78, 5) is 3.75. The van der Waals surface area contributed by atoms with Gasteiger partial charge in [-0.1, -0.05) is 54.6 Å². The molecule has 3 heteroatoms. The van der Waals surface area contributed by atoms with E-state index in [1.54, 1.807) is 0 Å². The van der Waals surface area contributed by atoms with Crippen molar-refractivity contribution in [3.63, 3.8) is 0 Å². The molecular weight excluding hydrogens is 380 g/mol. The molecule has 0 amide bonds. The van der Waals surface area contributed by atoms with E-state index < -0.39 is 0 Å². The number of hydrogen-bond acceptors (Lipinski definition) is 1. The van der Waals surface area contributed by atoms with Crippen molar-refractivity contribution >= 4 is 27.6 Å². The van der Waals surface area contributed by atoms with Crippen LogP contribution in [0.1, 0.15) is 16.8 Å². The van der Waals surface area contributed by atoms with E-state index in [1.807, 2.05) is 30.3 Å². The van der Waals surface area contributed by atoms with Gasteiger partial charge in [-0.2, -0.15) is 4.57 Å². The molecule has 0 radical (unpaired) electrons. The largest absolute Gasteiger partial charge is 0.466 e. The van der Waals surface area contributed by atoms with Crippen molar-refractivity contribution in [2.24, 2.45) is 7.05 Å². The molecular formula is C28H23N2O+. The normalized spacial score (nSPS) is 11.2. The maximum Gasteiger partial charge on any atom is 0.229 e. The average Bonchev–Trinajstić information content (AvgIpc) is 3.16. The second-order valence-corrected chi connectivity index (χ2v) is 8.17. The first kappa shape index (κ1) is 19.1. The van der Waals surface area contributed by atoms with Gasteiger partial charge < -0.3 is 4.42 Å². The molecule has 0 bridgehead atoms. The fourth-order valence-electron chi connectivity index (χ4n) is 4.50.